The van der Waals surface area contributed by atoms with Crippen LogP contribution in [0.15, 0.2) is 199 Å². The van der Waals surface area contributed by atoms with Crippen LogP contribution in [0.4, 0.5) is 0 Å². The fourth-order valence-corrected chi connectivity index (χ4v) is 9.02. The van der Waals surface area contributed by atoms with Crippen molar-refractivity contribution in [2.24, 2.45) is 0 Å². The average Bonchev–Trinajstić information content (AvgIpc) is 3.91. The summed E-state index contributed by atoms with van der Waals surface area (Å²) in [7, 11) is 0. The first-order valence-electron chi connectivity index (χ1n) is 18.8. The number of fused-ring (bicyclic) bond motifs is 11. The van der Waals surface area contributed by atoms with Gasteiger partial charge in [-0.1, -0.05) is 127 Å². The first-order chi connectivity index (χ1) is 27.3. The molecule has 12 rings (SSSR count). The molecule has 9 aromatic carbocycles. The van der Waals surface area contributed by atoms with Crippen LogP contribution in [-0.2, 0) is 0 Å². The fraction of sp³-hybridized carbons (Fsp3) is 0. The standard InChI is InChI=1S/C52H32N2O/c1-3-12-33(13-4-1)35-23-27-45-43(30-35)44-32-37(24-28-46(44)53(45)38-15-5-2-6-16-38)36-25-29-47-42(31-36)40-26-22-34-14-7-8-17-39(34)52(40)54(47)48-19-11-21-50-51(48)41-18-9-10-20-49(41)55-50/h1-32H. The minimum absolute atomic E-state index is 0.893. The Kier molecular flexibility index (Phi) is 6.34. The fourth-order valence-electron chi connectivity index (χ4n) is 9.02. The quantitative estimate of drug-likeness (QED) is 0.179. The van der Waals surface area contributed by atoms with E-state index in [9.17, 15) is 0 Å². The molecule has 55 heavy (non-hydrogen) atoms. The van der Waals surface area contributed by atoms with Crippen molar-refractivity contribution in [2.45, 2.75) is 0 Å². The third-order valence-corrected chi connectivity index (χ3v) is 11.5. The third kappa shape index (κ3) is 4.44. The Hall–Kier alpha value is -7.36. The van der Waals surface area contributed by atoms with Crippen LogP contribution in [0.1, 0.15) is 0 Å². The van der Waals surface area contributed by atoms with E-state index in [4.69, 9.17) is 4.42 Å². The molecule has 0 bridgehead atoms. The minimum Gasteiger partial charge on any atom is -0.456 e. The summed E-state index contributed by atoms with van der Waals surface area (Å²) in [4.78, 5) is 0. The lowest BCUT2D eigenvalue weighted by Gasteiger charge is -2.12. The lowest BCUT2D eigenvalue weighted by molar-refractivity contribution is 0.669. The Labute approximate surface area is 316 Å². The smallest absolute Gasteiger partial charge is 0.137 e. The van der Waals surface area contributed by atoms with Crippen LogP contribution >= 0.6 is 0 Å². The highest BCUT2D eigenvalue weighted by Crippen LogP contribution is 2.43. The van der Waals surface area contributed by atoms with Gasteiger partial charge >= 0.3 is 0 Å². The topological polar surface area (TPSA) is 23.0 Å². The van der Waals surface area contributed by atoms with E-state index in [1.165, 1.54) is 76.6 Å². The number of aromatic nitrogens is 2. The summed E-state index contributed by atoms with van der Waals surface area (Å²) in [6.07, 6.45) is 0. The Morgan fingerprint density at radius 3 is 1.62 bits per heavy atom. The van der Waals surface area contributed by atoms with Gasteiger partial charge in [0.1, 0.15) is 11.2 Å². The molecule has 0 atom stereocenters. The molecule has 0 unspecified atom stereocenters. The summed E-state index contributed by atoms with van der Waals surface area (Å²) in [5.41, 5.74) is 13.7. The van der Waals surface area contributed by atoms with Crippen LogP contribution < -0.4 is 0 Å². The molecule has 0 amide bonds. The van der Waals surface area contributed by atoms with Crippen molar-refractivity contribution in [2.75, 3.05) is 0 Å². The summed E-state index contributed by atoms with van der Waals surface area (Å²) < 4.78 is 11.2. The molecule has 0 saturated heterocycles. The predicted molar refractivity (Wildman–Crippen MR) is 231 cm³/mol. The normalized spacial score (nSPS) is 12.0. The molecule has 0 aliphatic carbocycles. The molecule has 3 heterocycles. The van der Waals surface area contributed by atoms with E-state index in [1.54, 1.807) is 0 Å². The summed E-state index contributed by atoms with van der Waals surface area (Å²) in [5, 5.41) is 9.64. The van der Waals surface area contributed by atoms with Crippen molar-refractivity contribution in [3.8, 4) is 33.6 Å². The Bertz CT molecular complexity index is 3470. The SMILES string of the molecule is c1ccc(-c2ccc3c(c2)c2cc(-c4ccc5c(c4)c4ccc6ccccc6c4n5-c4cccc5oc6ccccc6c45)ccc2n3-c2ccccc2)cc1. The molecule has 12 aromatic rings. The highest BCUT2D eigenvalue weighted by Gasteiger charge is 2.21. The molecule has 3 aromatic heterocycles. The molecule has 256 valence electrons. The van der Waals surface area contributed by atoms with Crippen molar-refractivity contribution < 1.29 is 4.42 Å². The molecule has 0 aliphatic heterocycles. The monoisotopic (exact) mass is 700 g/mol. The molecular formula is C52H32N2O. The number of hydrogen-bond acceptors (Lipinski definition) is 1. The maximum Gasteiger partial charge on any atom is 0.137 e. The second-order valence-corrected chi connectivity index (χ2v) is 14.5. The van der Waals surface area contributed by atoms with Crippen LogP contribution in [0.5, 0.6) is 0 Å². The summed E-state index contributed by atoms with van der Waals surface area (Å²) in [6, 6.07) is 70.3. The molecule has 3 nitrogen and oxygen atoms in total. The van der Waals surface area contributed by atoms with Gasteiger partial charge in [0.05, 0.1) is 33.1 Å². The maximum atomic E-state index is 6.39. The van der Waals surface area contributed by atoms with Gasteiger partial charge in [-0.15, -0.1) is 0 Å². The van der Waals surface area contributed by atoms with E-state index in [1.807, 2.05) is 6.07 Å². The third-order valence-electron chi connectivity index (χ3n) is 11.5. The van der Waals surface area contributed by atoms with Gasteiger partial charge in [0.15, 0.2) is 0 Å². The van der Waals surface area contributed by atoms with E-state index >= 15 is 0 Å². The minimum atomic E-state index is 0.893. The van der Waals surface area contributed by atoms with E-state index in [0.29, 0.717) is 0 Å². The molecule has 0 fully saturated rings. The lowest BCUT2D eigenvalue weighted by Crippen LogP contribution is -1.95. The second-order valence-electron chi connectivity index (χ2n) is 14.5. The van der Waals surface area contributed by atoms with Gasteiger partial charge in [0, 0.05) is 38.0 Å². The number of rotatable bonds is 4. The number of benzene rings is 9. The van der Waals surface area contributed by atoms with Gasteiger partial charge in [0.2, 0.25) is 0 Å². The van der Waals surface area contributed by atoms with Crippen molar-refractivity contribution in [3.05, 3.63) is 194 Å². The number of nitrogens with zero attached hydrogens (tertiary/aromatic N) is 2. The van der Waals surface area contributed by atoms with Crippen LogP contribution in [0.25, 0.3) is 110 Å². The van der Waals surface area contributed by atoms with Crippen molar-refractivity contribution in [1.29, 1.82) is 0 Å². The highest BCUT2D eigenvalue weighted by atomic mass is 16.3. The molecule has 0 radical (unpaired) electrons. The summed E-state index contributed by atoms with van der Waals surface area (Å²) >= 11 is 0. The maximum absolute atomic E-state index is 6.39. The molecule has 0 N–H and O–H groups in total. The second kappa shape index (κ2) is 11.6. The van der Waals surface area contributed by atoms with E-state index < -0.39 is 0 Å². The number of furan rings is 1. The van der Waals surface area contributed by atoms with Crippen LogP contribution in [-0.4, -0.2) is 9.13 Å². The molecule has 0 aliphatic rings. The Morgan fingerprint density at radius 1 is 0.327 bits per heavy atom. The van der Waals surface area contributed by atoms with Gasteiger partial charge in [-0.3, -0.25) is 0 Å². The Balaban J connectivity index is 1.12. The van der Waals surface area contributed by atoms with Crippen LogP contribution in [0.2, 0.25) is 0 Å². The summed E-state index contributed by atoms with van der Waals surface area (Å²) in [5.74, 6) is 0. The lowest BCUT2D eigenvalue weighted by atomic mass is 9.99. The van der Waals surface area contributed by atoms with E-state index in [0.717, 1.165) is 33.3 Å². The highest BCUT2D eigenvalue weighted by molar-refractivity contribution is 6.21. The molecular weight excluding hydrogens is 669 g/mol. The number of para-hydroxylation sites is 2. The predicted octanol–water partition coefficient (Wildman–Crippen LogP) is 14.3. The first-order valence-corrected chi connectivity index (χ1v) is 18.8. The largest absolute Gasteiger partial charge is 0.456 e. The van der Waals surface area contributed by atoms with Gasteiger partial charge in [-0.25, -0.2) is 0 Å². The zero-order chi connectivity index (χ0) is 36.0. The average molecular weight is 701 g/mol. The van der Waals surface area contributed by atoms with Crippen LogP contribution in [0, 0.1) is 0 Å². The summed E-state index contributed by atoms with van der Waals surface area (Å²) in [6.45, 7) is 0. The van der Waals surface area contributed by atoms with Crippen molar-refractivity contribution in [1.82, 2.24) is 9.13 Å². The zero-order valence-corrected chi connectivity index (χ0v) is 29.8. The van der Waals surface area contributed by atoms with Gasteiger partial charge in [-0.2, -0.15) is 0 Å². The Morgan fingerprint density at radius 2 is 0.891 bits per heavy atom. The molecule has 0 spiro atoms. The van der Waals surface area contributed by atoms with E-state index in [2.05, 4.69) is 197 Å². The molecule has 3 heteroatoms. The van der Waals surface area contributed by atoms with Gasteiger partial charge in [-0.05, 0) is 94.4 Å². The zero-order valence-electron chi connectivity index (χ0n) is 29.8. The van der Waals surface area contributed by atoms with Crippen molar-refractivity contribution in [3.63, 3.8) is 0 Å². The number of hydrogen-bond donors (Lipinski definition) is 0. The molecule has 0 saturated carbocycles. The van der Waals surface area contributed by atoms with Crippen molar-refractivity contribution >= 4 is 76.3 Å². The van der Waals surface area contributed by atoms with Gasteiger partial charge < -0.3 is 13.6 Å². The van der Waals surface area contributed by atoms with E-state index in [-0.39, 0.29) is 0 Å². The van der Waals surface area contributed by atoms with Gasteiger partial charge in [0.25, 0.3) is 0 Å². The van der Waals surface area contributed by atoms with Crippen LogP contribution in [0.3, 0.4) is 0 Å². The first kappa shape index (κ1) is 30.1.